The van der Waals surface area contributed by atoms with Gasteiger partial charge < -0.3 is 14.7 Å². The van der Waals surface area contributed by atoms with Gasteiger partial charge in [0.25, 0.3) is 0 Å². The van der Waals surface area contributed by atoms with Crippen molar-refractivity contribution in [2.45, 2.75) is 45.6 Å². The van der Waals surface area contributed by atoms with E-state index in [1.54, 1.807) is 12.1 Å². The minimum absolute atomic E-state index is 0.0136. The zero-order valence-corrected chi connectivity index (χ0v) is 15.4. The summed E-state index contributed by atoms with van der Waals surface area (Å²) in [6.45, 7) is 9.20. The summed E-state index contributed by atoms with van der Waals surface area (Å²) in [7, 11) is 0. The van der Waals surface area contributed by atoms with E-state index in [2.05, 4.69) is 23.6 Å². The number of aromatic hydroxyl groups is 1. The van der Waals surface area contributed by atoms with Crippen molar-refractivity contribution in [2.75, 3.05) is 37.6 Å². The Morgan fingerprint density at radius 1 is 1.12 bits per heavy atom. The van der Waals surface area contributed by atoms with Crippen molar-refractivity contribution in [3.63, 3.8) is 0 Å². The minimum atomic E-state index is -0.234. The Balaban J connectivity index is 1.44. The number of esters is 1. The lowest BCUT2D eigenvalue weighted by atomic mass is 9.79. The number of hydrogen-bond donors (Lipinski definition) is 1. The molecule has 1 N–H and O–H groups in total. The zero-order chi connectivity index (χ0) is 17.9. The first-order chi connectivity index (χ1) is 12.1. The third-order valence-corrected chi connectivity index (χ3v) is 6.03. The molecule has 0 unspecified atom stereocenters. The van der Waals surface area contributed by atoms with Crippen LogP contribution in [0.2, 0.25) is 0 Å². The molecular weight excluding hydrogens is 316 g/mol. The Hall–Kier alpha value is -1.75. The molecule has 1 aromatic rings. The summed E-state index contributed by atoms with van der Waals surface area (Å²) in [6.07, 6.45) is 3.66. The number of nitrogens with zero attached hydrogens (tertiary/aromatic N) is 2. The highest BCUT2D eigenvalue weighted by atomic mass is 16.6. The van der Waals surface area contributed by atoms with Crippen molar-refractivity contribution in [1.29, 1.82) is 0 Å². The lowest BCUT2D eigenvalue weighted by molar-refractivity contribution is -0.149. The summed E-state index contributed by atoms with van der Waals surface area (Å²) in [5.41, 5.74) is 0.931. The van der Waals surface area contributed by atoms with Crippen LogP contribution in [0.3, 0.4) is 0 Å². The van der Waals surface area contributed by atoms with Crippen LogP contribution in [0.4, 0.5) is 5.69 Å². The number of carbonyl (C=O) groups excluding carboxylic acids is 1. The van der Waals surface area contributed by atoms with E-state index in [0.29, 0.717) is 5.75 Å². The van der Waals surface area contributed by atoms with E-state index >= 15 is 0 Å². The van der Waals surface area contributed by atoms with Gasteiger partial charge >= 0.3 is 5.97 Å². The second-order valence-electron chi connectivity index (χ2n) is 7.35. The van der Waals surface area contributed by atoms with E-state index in [-0.39, 0.29) is 17.5 Å². The molecule has 2 aliphatic heterocycles. The number of phenolic OH excluding ortho intramolecular Hbond substituents is 1. The van der Waals surface area contributed by atoms with Gasteiger partial charge in [-0.05, 0) is 43.5 Å². The molecule has 5 heteroatoms. The van der Waals surface area contributed by atoms with E-state index < -0.39 is 0 Å². The standard InChI is InChI=1S/C20H30N2O3/c1-3-20(4-2)15-18(25-19(20)24)9-10-21-11-13-22(14-12-21)16-5-7-17(23)8-6-16/h5-8,18,23H,3-4,9-15H2,1-2H3/t18-/m1/s1. The van der Waals surface area contributed by atoms with Crippen LogP contribution in [-0.2, 0) is 9.53 Å². The Labute approximate surface area is 150 Å². The molecule has 25 heavy (non-hydrogen) atoms. The smallest absolute Gasteiger partial charge is 0.312 e. The lowest BCUT2D eigenvalue weighted by Gasteiger charge is -2.36. The highest BCUT2D eigenvalue weighted by molar-refractivity contribution is 5.78. The molecule has 0 bridgehead atoms. The number of cyclic esters (lactones) is 1. The van der Waals surface area contributed by atoms with Crippen LogP contribution in [0.25, 0.3) is 0 Å². The maximum atomic E-state index is 12.2. The molecule has 2 heterocycles. The van der Waals surface area contributed by atoms with E-state index in [1.807, 2.05) is 12.1 Å². The van der Waals surface area contributed by atoms with E-state index in [9.17, 15) is 9.90 Å². The van der Waals surface area contributed by atoms with E-state index in [0.717, 1.165) is 64.1 Å². The third-order valence-electron chi connectivity index (χ3n) is 6.03. The average Bonchev–Trinajstić information content (AvgIpc) is 2.97. The van der Waals surface area contributed by atoms with Crippen molar-refractivity contribution in [3.05, 3.63) is 24.3 Å². The summed E-state index contributed by atoms with van der Waals surface area (Å²) < 4.78 is 5.65. The van der Waals surface area contributed by atoms with Gasteiger partial charge in [0.1, 0.15) is 11.9 Å². The molecule has 2 fully saturated rings. The van der Waals surface area contributed by atoms with Crippen LogP contribution in [0.15, 0.2) is 24.3 Å². The zero-order valence-electron chi connectivity index (χ0n) is 15.4. The highest BCUT2D eigenvalue weighted by Crippen LogP contribution is 2.41. The number of phenols is 1. The number of rotatable bonds is 6. The SMILES string of the molecule is CCC1(CC)C[C@@H](CCN2CCN(c3ccc(O)cc3)CC2)OC1=O. The molecule has 5 nitrogen and oxygen atoms in total. The van der Waals surface area contributed by atoms with Gasteiger partial charge in [-0.2, -0.15) is 0 Å². The maximum Gasteiger partial charge on any atom is 0.312 e. The number of hydrogen-bond acceptors (Lipinski definition) is 5. The van der Waals surface area contributed by atoms with Crippen molar-refractivity contribution >= 4 is 11.7 Å². The topological polar surface area (TPSA) is 53.0 Å². The molecule has 2 aliphatic rings. The molecule has 3 rings (SSSR count). The normalized spacial score (nSPS) is 23.7. The quantitative estimate of drug-likeness (QED) is 0.803. The van der Waals surface area contributed by atoms with Crippen molar-refractivity contribution in [3.8, 4) is 5.75 Å². The first kappa shape index (κ1) is 18.1. The van der Waals surface area contributed by atoms with E-state index in [1.165, 1.54) is 0 Å². The first-order valence-corrected chi connectivity index (χ1v) is 9.54. The second-order valence-corrected chi connectivity index (χ2v) is 7.35. The summed E-state index contributed by atoms with van der Waals surface area (Å²) >= 11 is 0. The van der Waals surface area contributed by atoms with Gasteiger partial charge in [0.2, 0.25) is 0 Å². The van der Waals surface area contributed by atoms with Gasteiger partial charge in [0.05, 0.1) is 5.41 Å². The van der Waals surface area contributed by atoms with Gasteiger partial charge in [0.15, 0.2) is 0 Å². The Bertz CT molecular complexity index is 575. The van der Waals surface area contributed by atoms with Crippen LogP contribution < -0.4 is 4.90 Å². The van der Waals surface area contributed by atoms with Crippen LogP contribution in [-0.4, -0.2) is 54.8 Å². The van der Waals surface area contributed by atoms with Gasteiger partial charge in [0, 0.05) is 44.8 Å². The molecule has 138 valence electrons. The number of carbonyl (C=O) groups is 1. The fraction of sp³-hybridized carbons (Fsp3) is 0.650. The monoisotopic (exact) mass is 346 g/mol. The summed E-state index contributed by atoms with van der Waals surface area (Å²) in [4.78, 5) is 17.0. The summed E-state index contributed by atoms with van der Waals surface area (Å²) in [5, 5.41) is 9.40. The van der Waals surface area contributed by atoms with Crippen molar-refractivity contribution < 1.29 is 14.6 Å². The molecular formula is C20H30N2O3. The molecule has 0 aromatic heterocycles. The third kappa shape index (κ3) is 3.92. The number of ether oxygens (including phenoxy) is 1. The fourth-order valence-electron chi connectivity index (χ4n) is 4.05. The van der Waals surface area contributed by atoms with Crippen LogP contribution in [0.5, 0.6) is 5.75 Å². The molecule has 0 aliphatic carbocycles. The van der Waals surface area contributed by atoms with Crippen molar-refractivity contribution in [1.82, 2.24) is 4.90 Å². The first-order valence-electron chi connectivity index (χ1n) is 9.54. The van der Waals surface area contributed by atoms with Crippen LogP contribution >= 0.6 is 0 Å². The van der Waals surface area contributed by atoms with Crippen molar-refractivity contribution in [2.24, 2.45) is 5.41 Å². The second kappa shape index (κ2) is 7.65. The molecule has 2 saturated heterocycles. The molecule has 0 saturated carbocycles. The van der Waals surface area contributed by atoms with Gasteiger partial charge in [-0.1, -0.05) is 13.8 Å². The molecule has 0 amide bonds. The Kier molecular flexibility index (Phi) is 5.52. The van der Waals surface area contributed by atoms with E-state index in [4.69, 9.17) is 4.74 Å². The maximum absolute atomic E-state index is 12.2. The molecule has 0 radical (unpaired) electrons. The predicted molar refractivity (Wildman–Crippen MR) is 98.9 cm³/mol. The van der Waals surface area contributed by atoms with Crippen LogP contribution in [0.1, 0.15) is 39.5 Å². The van der Waals surface area contributed by atoms with Gasteiger partial charge in [-0.25, -0.2) is 0 Å². The average molecular weight is 346 g/mol. The Morgan fingerprint density at radius 2 is 1.76 bits per heavy atom. The molecule has 1 atom stereocenters. The minimum Gasteiger partial charge on any atom is -0.508 e. The van der Waals surface area contributed by atoms with Gasteiger partial charge in [-0.15, -0.1) is 0 Å². The number of benzene rings is 1. The Morgan fingerprint density at radius 3 is 2.32 bits per heavy atom. The molecule has 0 spiro atoms. The highest BCUT2D eigenvalue weighted by Gasteiger charge is 2.46. The van der Waals surface area contributed by atoms with Crippen LogP contribution in [0, 0.1) is 5.41 Å². The van der Waals surface area contributed by atoms with Gasteiger partial charge in [-0.3, -0.25) is 9.69 Å². The predicted octanol–water partition coefficient (Wildman–Crippen LogP) is 3.03. The summed E-state index contributed by atoms with van der Waals surface area (Å²) in [5.74, 6) is 0.323. The number of anilines is 1. The summed E-state index contributed by atoms with van der Waals surface area (Å²) in [6, 6.07) is 7.42. The molecule has 1 aromatic carbocycles. The largest absolute Gasteiger partial charge is 0.508 e. The fourth-order valence-corrected chi connectivity index (χ4v) is 4.05. The lowest BCUT2D eigenvalue weighted by Crippen LogP contribution is -2.47. The number of piperazine rings is 1.